The summed E-state index contributed by atoms with van der Waals surface area (Å²) in [6.07, 6.45) is -1.82. The molecule has 28 heavy (non-hydrogen) atoms. The van der Waals surface area contributed by atoms with Gasteiger partial charge < -0.3 is 14.3 Å². The Morgan fingerprint density at radius 1 is 1.07 bits per heavy atom. The Balaban J connectivity index is 2.28. The molecule has 2 rings (SSSR count). The zero-order chi connectivity index (χ0) is 20.7. The molecular weight excluding hydrogens is 452 g/mol. The molecule has 148 valence electrons. The summed E-state index contributed by atoms with van der Waals surface area (Å²) in [5, 5.41) is 4.38. The third-order valence-corrected chi connectivity index (χ3v) is 4.60. The number of carbonyl (C=O) groups excluding carboxylic acids is 2. The Morgan fingerprint density at radius 2 is 1.68 bits per heavy atom. The fourth-order valence-corrected chi connectivity index (χ4v) is 2.78. The van der Waals surface area contributed by atoms with Crippen molar-refractivity contribution in [2.45, 2.75) is 13.5 Å². The summed E-state index contributed by atoms with van der Waals surface area (Å²) >= 11 is 9.63. The number of amides is 2. The molecule has 2 aromatic carbocycles. The molecule has 0 aliphatic heterocycles. The van der Waals surface area contributed by atoms with Crippen molar-refractivity contribution >= 4 is 51.1 Å². The summed E-state index contributed by atoms with van der Waals surface area (Å²) in [5.41, 5.74) is 2.10. The van der Waals surface area contributed by atoms with Crippen molar-refractivity contribution in [2.24, 2.45) is 5.16 Å². The summed E-state index contributed by atoms with van der Waals surface area (Å²) in [5.74, 6) is 0. The molecule has 0 atom stereocenters. The van der Waals surface area contributed by atoms with Crippen LogP contribution in [0.15, 0.2) is 52.1 Å². The van der Waals surface area contributed by atoms with Crippen LogP contribution in [0.1, 0.15) is 18.1 Å². The number of anilines is 1. The second-order valence-electron chi connectivity index (χ2n) is 5.47. The topological polar surface area (TPSA) is 77.4 Å². The van der Waals surface area contributed by atoms with Gasteiger partial charge in [-0.15, -0.1) is 0 Å². The van der Waals surface area contributed by atoms with E-state index in [1.165, 1.54) is 6.07 Å². The average Bonchev–Trinajstić information content (AvgIpc) is 2.70. The molecule has 0 aromatic heterocycles. The molecule has 0 saturated heterocycles. The molecule has 2 aromatic rings. The van der Waals surface area contributed by atoms with Gasteiger partial charge in [-0.2, -0.15) is 4.90 Å². The number of benzene rings is 2. The van der Waals surface area contributed by atoms with Crippen molar-refractivity contribution in [1.29, 1.82) is 0 Å². The predicted octanol–water partition coefficient (Wildman–Crippen LogP) is 5.38. The molecule has 0 unspecified atom stereocenters. The molecule has 0 radical (unpaired) electrons. The van der Waals surface area contributed by atoms with Crippen LogP contribution >= 0.6 is 27.5 Å². The molecular formula is C19H18BrClN2O5. The van der Waals surface area contributed by atoms with Crippen LogP contribution in [0.5, 0.6) is 0 Å². The van der Waals surface area contributed by atoms with E-state index in [4.69, 9.17) is 16.4 Å². The highest BCUT2D eigenvalue weighted by atomic mass is 79.9. The molecule has 7 nitrogen and oxygen atoms in total. The van der Waals surface area contributed by atoms with Crippen molar-refractivity contribution in [3.8, 4) is 0 Å². The van der Waals surface area contributed by atoms with Gasteiger partial charge in [0.1, 0.15) is 6.61 Å². The summed E-state index contributed by atoms with van der Waals surface area (Å²) in [4.78, 5) is 30.3. The summed E-state index contributed by atoms with van der Waals surface area (Å²) < 4.78 is 10.3. The second-order valence-corrected chi connectivity index (χ2v) is 6.79. The van der Waals surface area contributed by atoms with Gasteiger partial charge in [-0.25, -0.2) is 9.59 Å². The number of ether oxygens (including phenoxy) is 2. The maximum atomic E-state index is 12.1. The Labute approximate surface area is 175 Å². The van der Waals surface area contributed by atoms with Crippen LogP contribution in [0.3, 0.4) is 0 Å². The number of nitrogens with zero attached hydrogens (tertiary/aromatic N) is 2. The standard InChI is InChI=1S/C19H18BrClN2O5/c1-12(13-7-9-14(20)10-8-13)22-28-11-15-16(21)5-4-6-17(15)23(18(24)26-2)19(25)27-3/h4-10H,11H2,1-3H3. The predicted molar refractivity (Wildman–Crippen MR) is 110 cm³/mol. The van der Waals surface area contributed by atoms with Crippen molar-refractivity contribution < 1.29 is 23.9 Å². The Morgan fingerprint density at radius 3 is 2.25 bits per heavy atom. The zero-order valence-electron chi connectivity index (χ0n) is 15.4. The average molecular weight is 470 g/mol. The van der Waals surface area contributed by atoms with Crippen LogP contribution < -0.4 is 4.90 Å². The van der Waals surface area contributed by atoms with E-state index in [2.05, 4.69) is 30.6 Å². The van der Waals surface area contributed by atoms with Gasteiger partial charge >= 0.3 is 12.2 Å². The van der Waals surface area contributed by atoms with Crippen molar-refractivity contribution in [1.82, 2.24) is 0 Å². The first-order chi connectivity index (χ1) is 13.4. The van der Waals surface area contributed by atoms with Crippen molar-refractivity contribution in [3.05, 3.63) is 63.1 Å². The van der Waals surface area contributed by atoms with Crippen LogP contribution in [-0.2, 0) is 20.9 Å². The van der Waals surface area contributed by atoms with E-state index in [1.807, 2.05) is 24.3 Å². The SMILES string of the molecule is COC(=O)N(C(=O)OC)c1cccc(Cl)c1CON=C(C)c1ccc(Br)cc1. The number of hydrogen-bond donors (Lipinski definition) is 0. The van der Waals surface area contributed by atoms with Crippen LogP contribution in [-0.4, -0.2) is 32.1 Å². The zero-order valence-corrected chi connectivity index (χ0v) is 17.8. The minimum absolute atomic E-state index is 0.0760. The third-order valence-electron chi connectivity index (χ3n) is 3.72. The van der Waals surface area contributed by atoms with E-state index in [0.29, 0.717) is 16.3 Å². The number of carbonyl (C=O) groups is 2. The van der Waals surface area contributed by atoms with Gasteiger partial charge in [0.05, 0.1) is 25.6 Å². The number of imide groups is 1. The molecule has 0 saturated carbocycles. The van der Waals surface area contributed by atoms with E-state index in [-0.39, 0.29) is 12.3 Å². The quantitative estimate of drug-likeness (QED) is 0.434. The number of halogens is 2. The van der Waals surface area contributed by atoms with Gasteiger partial charge in [0, 0.05) is 15.1 Å². The first-order valence-electron chi connectivity index (χ1n) is 8.05. The highest BCUT2D eigenvalue weighted by Crippen LogP contribution is 2.29. The first-order valence-corrected chi connectivity index (χ1v) is 9.22. The van der Waals surface area contributed by atoms with E-state index in [0.717, 1.165) is 29.2 Å². The fourth-order valence-electron chi connectivity index (χ4n) is 2.29. The summed E-state index contributed by atoms with van der Waals surface area (Å²) in [6.45, 7) is 1.72. The van der Waals surface area contributed by atoms with Gasteiger partial charge in [-0.3, -0.25) is 0 Å². The maximum Gasteiger partial charge on any atom is 0.423 e. The molecule has 9 heteroatoms. The van der Waals surface area contributed by atoms with Crippen molar-refractivity contribution in [3.63, 3.8) is 0 Å². The van der Waals surface area contributed by atoms with E-state index in [1.54, 1.807) is 19.1 Å². The first kappa shape index (κ1) is 21.7. The molecule has 0 spiro atoms. The smallest absolute Gasteiger partial charge is 0.423 e. The fraction of sp³-hybridized carbons (Fsp3) is 0.211. The van der Waals surface area contributed by atoms with Crippen LogP contribution in [0.2, 0.25) is 5.02 Å². The van der Waals surface area contributed by atoms with E-state index < -0.39 is 12.2 Å². The molecule has 0 heterocycles. The maximum absolute atomic E-state index is 12.1. The highest BCUT2D eigenvalue weighted by Gasteiger charge is 2.28. The van der Waals surface area contributed by atoms with Gasteiger partial charge in [-0.1, -0.05) is 50.9 Å². The lowest BCUT2D eigenvalue weighted by Gasteiger charge is -2.21. The van der Waals surface area contributed by atoms with E-state index in [9.17, 15) is 9.59 Å². The lowest BCUT2D eigenvalue weighted by molar-refractivity contribution is 0.130. The molecule has 0 fully saturated rings. The third kappa shape index (κ3) is 5.24. The molecule has 0 aliphatic carbocycles. The molecule has 0 aliphatic rings. The monoisotopic (exact) mass is 468 g/mol. The lowest BCUT2D eigenvalue weighted by atomic mass is 10.1. The second kappa shape index (κ2) is 10.1. The van der Waals surface area contributed by atoms with Gasteiger partial charge in [-0.05, 0) is 36.8 Å². The van der Waals surface area contributed by atoms with Crippen molar-refractivity contribution in [2.75, 3.05) is 19.1 Å². The Hall–Kier alpha value is -2.58. The minimum Gasteiger partial charge on any atom is -0.452 e. The van der Waals surface area contributed by atoms with Gasteiger partial charge in [0.25, 0.3) is 0 Å². The largest absolute Gasteiger partial charge is 0.452 e. The van der Waals surface area contributed by atoms with Gasteiger partial charge in [0.2, 0.25) is 0 Å². The molecule has 2 amide bonds. The van der Waals surface area contributed by atoms with Crippen LogP contribution in [0.25, 0.3) is 0 Å². The molecule has 0 bridgehead atoms. The number of methoxy groups -OCH3 is 2. The van der Waals surface area contributed by atoms with Crippen LogP contribution in [0, 0.1) is 0 Å². The normalized spacial score (nSPS) is 11.0. The summed E-state index contributed by atoms with van der Waals surface area (Å²) in [6, 6.07) is 12.3. The van der Waals surface area contributed by atoms with Gasteiger partial charge in [0.15, 0.2) is 0 Å². The lowest BCUT2D eigenvalue weighted by Crippen LogP contribution is -2.37. The molecule has 0 N–H and O–H groups in total. The Bertz CT molecular complexity index is 870. The minimum atomic E-state index is -0.912. The summed E-state index contributed by atoms with van der Waals surface area (Å²) in [7, 11) is 2.32. The number of oxime groups is 1. The number of hydrogen-bond acceptors (Lipinski definition) is 6. The number of rotatable bonds is 5. The van der Waals surface area contributed by atoms with Crippen LogP contribution in [0.4, 0.5) is 15.3 Å². The van der Waals surface area contributed by atoms with E-state index >= 15 is 0 Å². The Kier molecular flexibility index (Phi) is 7.83. The highest BCUT2D eigenvalue weighted by molar-refractivity contribution is 9.10.